The summed E-state index contributed by atoms with van der Waals surface area (Å²) in [6.45, 7) is 0. The zero-order valence-corrected chi connectivity index (χ0v) is 8.20. The third kappa shape index (κ3) is 1.63. The Hall–Kier alpha value is -2.04. The lowest BCUT2D eigenvalue weighted by Crippen LogP contribution is -2.22. The molecule has 0 radical (unpaired) electrons. The molecule has 1 atom stereocenters. The fraction of sp³-hybridized carbons (Fsp3) is 0.200. The van der Waals surface area contributed by atoms with Crippen LogP contribution in [-0.2, 0) is 0 Å². The molecule has 0 saturated carbocycles. The number of hydrogen-bond donors (Lipinski definition) is 3. The molecule has 2 rings (SSSR count). The van der Waals surface area contributed by atoms with Crippen molar-refractivity contribution in [3.05, 3.63) is 29.8 Å². The molecule has 5 heteroatoms. The van der Waals surface area contributed by atoms with Gasteiger partial charge in [0.25, 0.3) is 0 Å². The fourth-order valence-corrected chi connectivity index (χ4v) is 1.57. The van der Waals surface area contributed by atoms with Gasteiger partial charge in [0.1, 0.15) is 17.6 Å². The summed E-state index contributed by atoms with van der Waals surface area (Å²) in [7, 11) is 1.56. The van der Waals surface area contributed by atoms with Gasteiger partial charge in [-0.3, -0.25) is 10.7 Å². The van der Waals surface area contributed by atoms with Crippen molar-refractivity contribution in [2.45, 2.75) is 6.04 Å². The first-order valence-corrected chi connectivity index (χ1v) is 4.51. The van der Waals surface area contributed by atoms with Crippen LogP contribution in [0.2, 0.25) is 0 Å². The molecular weight excluding hydrogens is 194 g/mol. The number of rotatable bonds is 2. The zero-order valence-electron chi connectivity index (χ0n) is 8.20. The number of methoxy groups -OCH3 is 1. The van der Waals surface area contributed by atoms with E-state index >= 15 is 0 Å². The van der Waals surface area contributed by atoms with Crippen LogP contribution in [0.3, 0.4) is 0 Å². The summed E-state index contributed by atoms with van der Waals surface area (Å²) in [6, 6.07) is 6.52. The molecule has 1 saturated heterocycles. The van der Waals surface area contributed by atoms with Crippen LogP contribution in [0, 0.1) is 5.41 Å². The Balaban J connectivity index is 2.37. The molecule has 1 aliphatic heterocycles. The predicted octanol–water partition coefficient (Wildman–Crippen LogP) is 1.03. The van der Waals surface area contributed by atoms with Gasteiger partial charge < -0.3 is 10.1 Å². The largest absolute Gasteiger partial charge is 0.496 e. The smallest absolute Gasteiger partial charge is 0.321 e. The Morgan fingerprint density at radius 2 is 2.13 bits per heavy atom. The molecule has 0 aromatic heterocycles. The lowest BCUT2D eigenvalue weighted by atomic mass is 10.1. The van der Waals surface area contributed by atoms with Gasteiger partial charge in [-0.15, -0.1) is 0 Å². The Morgan fingerprint density at radius 1 is 1.40 bits per heavy atom. The number of carbonyl (C=O) groups is 1. The Labute approximate surface area is 86.9 Å². The number of nitrogens with one attached hydrogen (secondary N) is 3. The van der Waals surface area contributed by atoms with Crippen LogP contribution in [0.4, 0.5) is 4.79 Å². The average Bonchev–Trinajstić information content (AvgIpc) is 2.57. The van der Waals surface area contributed by atoms with E-state index in [0.29, 0.717) is 5.75 Å². The minimum absolute atomic E-state index is 0.143. The van der Waals surface area contributed by atoms with Gasteiger partial charge in [0.2, 0.25) is 0 Å². The third-order valence-corrected chi connectivity index (χ3v) is 2.26. The number of urea groups is 1. The monoisotopic (exact) mass is 205 g/mol. The van der Waals surface area contributed by atoms with Gasteiger partial charge >= 0.3 is 6.03 Å². The quantitative estimate of drug-likeness (QED) is 0.674. The number of benzene rings is 1. The van der Waals surface area contributed by atoms with Crippen LogP contribution >= 0.6 is 0 Å². The van der Waals surface area contributed by atoms with Gasteiger partial charge in [-0.1, -0.05) is 18.2 Å². The summed E-state index contributed by atoms with van der Waals surface area (Å²) in [5, 5.41) is 12.6. The highest BCUT2D eigenvalue weighted by Gasteiger charge is 2.29. The summed E-state index contributed by atoms with van der Waals surface area (Å²) in [6.07, 6.45) is 0. The van der Waals surface area contributed by atoms with Crippen LogP contribution in [-0.4, -0.2) is 19.0 Å². The summed E-state index contributed by atoms with van der Waals surface area (Å²) in [5.74, 6) is 0.806. The maximum absolute atomic E-state index is 11.0. The third-order valence-electron chi connectivity index (χ3n) is 2.26. The van der Waals surface area contributed by atoms with Crippen LogP contribution in [0.25, 0.3) is 0 Å². The molecule has 1 aliphatic rings. The van der Waals surface area contributed by atoms with E-state index in [1.165, 1.54) is 0 Å². The van der Waals surface area contributed by atoms with Gasteiger partial charge in [-0.2, -0.15) is 0 Å². The van der Waals surface area contributed by atoms with Gasteiger partial charge in [0.15, 0.2) is 0 Å². The van der Waals surface area contributed by atoms with E-state index in [9.17, 15) is 4.79 Å². The van der Waals surface area contributed by atoms with E-state index in [1.807, 2.05) is 18.2 Å². The van der Waals surface area contributed by atoms with E-state index in [-0.39, 0.29) is 11.9 Å². The van der Waals surface area contributed by atoms with Gasteiger partial charge in [-0.25, -0.2) is 4.79 Å². The minimum Gasteiger partial charge on any atom is -0.496 e. The molecule has 1 heterocycles. The van der Waals surface area contributed by atoms with Crippen molar-refractivity contribution in [1.82, 2.24) is 10.6 Å². The van der Waals surface area contributed by atoms with E-state index in [2.05, 4.69) is 10.6 Å². The molecular formula is C10H11N3O2. The maximum Gasteiger partial charge on any atom is 0.321 e. The van der Waals surface area contributed by atoms with Gasteiger partial charge in [-0.05, 0) is 6.07 Å². The standard InChI is InChI=1S/C10H11N3O2/c1-15-7-5-3-2-4-6(7)8-9(11)13-10(14)12-8/h2-5,8H,1H3,(H3,11,12,13,14). The Morgan fingerprint density at radius 3 is 2.73 bits per heavy atom. The van der Waals surface area contributed by atoms with Crippen molar-refractivity contribution in [2.75, 3.05) is 7.11 Å². The SMILES string of the molecule is COc1ccccc1C1NC(=O)NC1=N. The van der Waals surface area contributed by atoms with E-state index in [0.717, 1.165) is 5.56 Å². The summed E-state index contributed by atoms with van der Waals surface area (Å²) < 4.78 is 5.17. The number of ether oxygens (including phenoxy) is 1. The number of amides is 2. The normalized spacial score (nSPS) is 19.7. The molecule has 78 valence electrons. The molecule has 3 N–H and O–H groups in total. The van der Waals surface area contributed by atoms with E-state index < -0.39 is 6.04 Å². The summed E-state index contributed by atoms with van der Waals surface area (Å²) in [5.41, 5.74) is 0.781. The van der Waals surface area contributed by atoms with Gasteiger partial charge in [0, 0.05) is 5.56 Å². The van der Waals surface area contributed by atoms with Crippen molar-refractivity contribution in [3.8, 4) is 5.75 Å². The highest BCUT2D eigenvalue weighted by molar-refractivity contribution is 6.06. The predicted molar refractivity (Wildman–Crippen MR) is 55.1 cm³/mol. The highest BCUT2D eigenvalue weighted by atomic mass is 16.5. The average molecular weight is 205 g/mol. The molecule has 0 spiro atoms. The van der Waals surface area contributed by atoms with Crippen molar-refractivity contribution in [2.24, 2.45) is 0 Å². The lowest BCUT2D eigenvalue weighted by Gasteiger charge is -2.13. The van der Waals surface area contributed by atoms with E-state index in [4.69, 9.17) is 10.1 Å². The topological polar surface area (TPSA) is 74.2 Å². The molecule has 1 fully saturated rings. The second-order valence-electron chi connectivity index (χ2n) is 3.19. The molecule has 2 amide bonds. The number of amidine groups is 1. The van der Waals surface area contributed by atoms with Crippen molar-refractivity contribution in [1.29, 1.82) is 5.41 Å². The summed E-state index contributed by atoms with van der Waals surface area (Å²) >= 11 is 0. The fourth-order valence-electron chi connectivity index (χ4n) is 1.57. The minimum atomic E-state index is -0.436. The molecule has 1 aromatic carbocycles. The second-order valence-corrected chi connectivity index (χ2v) is 3.19. The van der Waals surface area contributed by atoms with Crippen LogP contribution < -0.4 is 15.4 Å². The van der Waals surface area contributed by atoms with E-state index in [1.54, 1.807) is 13.2 Å². The zero-order chi connectivity index (χ0) is 10.8. The summed E-state index contributed by atoms with van der Waals surface area (Å²) in [4.78, 5) is 11.0. The lowest BCUT2D eigenvalue weighted by molar-refractivity contribution is 0.248. The first-order chi connectivity index (χ1) is 7.22. The van der Waals surface area contributed by atoms with Crippen LogP contribution in [0.15, 0.2) is 24.3 Å². The first-order valence-electron chi connectivity index (χ1n) is 4.51. The van der Waals surface area contributed by atoms with Crippen LogP contribution in [0.1, 0.15) is 11.6 Å². The Kier molecular flexibility index (Phi) is 2.29. The number of carbonyl (C=O) groups excluding carboxylic acids is 1. The number of hydrogen-bond acceptors (Lipinski definition) is 3. The molecule has 0 aliphatic carbocycles. The number of para-hydroxylation sites is 1. The first kappa shape index (κ1) is 9.51. The van der Waals surface area contributed by atoms with Crippen molar-refractivity contribution < 1.29 is 9.53 Å². The molecule has 0 bridgehead atoms. The molecule has 5 nitrogen and oxygen atoms in total. The van der Waals surface area contributed by atoms with Gasteiger partial charge in [0.05, 0.1) is 7.11 Å². The van der Waals surface area contributed by atoms with Crippen molar-refractivity contribution >= 4 is 11.9 Å². The van der Waals surface area contributed by atoms with Crippen LogP contribution in [0.5, 0.6) is 5.75 Å². The maximum atomic E-state index is 11.0. The second kappa shape index (κ2) is 3.61. The van der Waals surface area contributed by atoms with Crippen molar-refractivity contribution in [3.63, 3.8) is 0 Å². The molecule has 15 heavy (non-hydrogen) atoms. The molecule has 1 aromatic rings. The molecule has 1 unspecified atom stereocenters. The Bertz CT molecular complexity index is 417. The highest BCUT2D eigenvalue weighted by Crippen LogP contribution is 2.26.